The fraction of sp³-hybridized carbons (Fsp3) is 0.389. The van der Waals surface area contributed by atoms with Crippen LogP contribution < -0.4 is 9.47 Å². The fourth-order valence-corrected chi connectivity index (χ4v) is 8.19. The van der Waals surface area contributed by atoms with E-state index in [0.717, 1.165) is 64.6 Å². The van der Waals surface area contributed by atoms with Gasteiger partial charge in [-0.25, -0.2) is 10.1 Å². The third kappa shape index (κ3) is 9.77. The average molecular weight is 727 g/mol. The third-order valence-electron chi connectivity index (χ3n) is 7.85. The summed E-state index contributed by atoms with van der Waals surface area (Å²) in [5.41, 5.74) is 4.75. The highest BCUT2D eigenvalue weighted by molar-refractivity contribution is 8.03. The minimum atomic E-state index is -0.622. The Labute approximate surface area is 300 Å². The van der Waals surface area contributed by atoms with E-state index in [1.807, 2.05) is 32.9 Å². The first-order valence-corrected chi connectivity index (χ1v) is 18.5. The lowest BCUT2D eigenvalue weighted by Crippen LogP contribution is -2.35. The molecule has 2 aromatic carbocycles. The molecule has 0 atom stereocenters. The SMILES string of the molecule is COCCCN1/C(=C/C=C2CCC(/C=C/c3sc4ccccc4[n+]3CCCOSOOO)=C2N(C)C(=O)OC(C)(C)C)Sc2ccccc21. The van der Waals surface area contributed by atoms with E-state index in [1.54, 1.807) is 42.2 Å². The van der Waals surface area contributed by atoms with Crippen LogP contribution in [-0.4, -0.2) is 55.8 Å². The van der Waals surface area contributed by atoms with E-state index in [-0.39, 0.29) is 6.09 Å². The molecule has 3 aromatic rings. The van der Waals surface area contributed by atoms with Crippen molar-refractivity contribution in [2.75, 3.05) is 38.8 Å². The fourth-order valence-electron chi connectivity index (χ4n) is 5.76. The van der Waals surface area contributed by atoms with Gasteiger partial charge in [0.15, 0.2) is 18.9 Å². The van der Waals surface area contributed by atoms with Gasteiger partial charge in [-0.3, -0.25) is 9.08 Å². The molecule has 1 N–H and O–H groups in total. The molecule has 1 aliphatic heterocycles. The molecule has 1 amide bonds. The Bertz CT molecular complexity index is 1730. The number of thioether (sulfide) groups is 1. The molecule has 0 saturated carbocycles. The van der Waals surface area contributed by atoms with Crippen molar-refractivity contribution < 1.29 is 37.6 Å². The Hall–Kier alpha value is -3.14. The lowest BCUT2D eigenvalue weighted by atomic mass is 10.1. The maximum Gasteiger partial charge on any atom is 0.414 e. The van der Waals surface area contributed by atoms with Crippen molar-refractivity contribution in [3.8, 4) is 0 Å². The zero-order valence-corrected chi connectivity index (χ0v) is 31.0. The molecular formula is C36H44N3O7S3+. The van der Waals surface area contributed by atoms with Crippen molar-refractivity contribution in [3.63, 3.8) is 0 Å². The number of likely N-dealkylation sites (N-methyl/N-ethyl adjacent to an activating group) is 1. The average Bonchev–Trinajstić information content (AvgIpc) is 3.76. The molecule has 0 bridgehead atoms. The lowest BCUT2D eigenvalue weighted by Gasteiger charge is -2.26. The van der Waals surface area contributed by atoms with E-state index >= 15 is 0 Å². The van der Waals surface area contributed by atoms with Crippen molar-refractivity contribution >= 4 is 63.5 Å². The van der Waals surface area contributed by atoms with Crippen LogP contribution in [0.1, 0.15) is 51.5 Å². The number of anilines is 1. The Balaban J connectivity index is 1.47. The van der Waals surface area contributed by atoms with Gasteiger partial charge in [0.25, 0.3) is 5.01 Å². The topological polar surface area (TPSA) is 93.8 Å². The predicted octanol–water partition coefficient (Wildman–Crippen LogP) is 8.92. The molecule has 13 heteroatoms. The number of amides is 1. The highest BCUT2D eigenvalue weighted by atomic mass is 32.2. The van der Waals surface area contributed by atoms with Gasteiger partial charge in [0.1, 0.15) is 10.3 Å². The van der Waals surface area contributed by atoms with Gasteiger partial charge < -0.3 is 14.4 Å². The quantitative estimate of drug-likeness (QED) is 0.0538. The van der Waals surface area contributed by atoms with Crippen LogP contribution in [-0.2, 0) is 29.6 Å². The number of benzene rings is 2. The van der Waals surface area contributed by atoms with Gasteiger partial charge in [0.2, 0.25) is 5.52 Å². The van der Waals surface area contributed by atoms with Crippen LogP contribution in [0.15, 0.2) is 93.5 Å². The van der Waals surface area contributed by atoms with E-state index in [4.69, 9.17) is 18.9 Å². The Morgan fingerprint density at radius 1 is 1.06 bits per heavy atom. The summed E-state index contributed by atoms with van der Waals surface area (Å²) in [6.45, 7) is 8.32. The number of carbonyl (C=O) groups is 1. The first kappa shape index (κ1) is 37.1. The molecule has 5 rings (SSSR count). The predicted molar refractivity (Wildman–Crippen MR) is 197 cm³/mol. The molecule has 49 heavy (non-hydrogen) atoms. The molecule has 10 nitrogen and oxygen atoms in total. The summed E-state index contributed by atoms with van der Waals surface area (Å²) in [5, 5.41) is 14.1. The minimum Gasteiger partial charge on any atom is -0.443 e. The van der Waals surface area contributed by atoms with E-state index in [9.17, 15) is 4.79 Å². The van der Waals surface area contributed by atoms with Gasteiger partial charge >= 0.3 is 6.09 Å². The van der Waals surface area contributed by atoms with Crippen molar-refractivity contribution in [1.82, 2.24) is 4.90 Å². The second-order valence-corrected chi connectivity index (χ2v) is 15.1. The number of aryl methyl sites for hydroxylation is 1. The number of hydrogen-bond acceptors (Lipinski definition) is 11. The number of para-hydroxylation sites is 2. The maximum atomic E-state index is 13.4. The van der Waals surface area contributed by atoms with Gasteiger partial charge in [0.05, 0.1) is 23.0 Å². The second-order valence-electron chi connectivity index (χ2n) is 12.5. The summed E-state index contributed by atoms with van der Waals surface area (Å²) < 4.78 is 24.2. The highest BCUT2D eigenvalue weighted by Gasteiger charge is 2.30. The number of ether oxygens (including phenoxy) is 2. The normalized spacial score (nSPS) is 16.6. The number of nitrogens with zero attached hydrogens (tertiary/aromatic N) is 3. The van der Waals surface area contributed by atoms with E-state index in [2.05, 4.69) is 79.5 Å². The van der Waals surface area contributed by atoms with Crippen LogP contribution in [0.2, 0.25) is 0 Å². The van der Waals surface area contributed by atoms with Crippen molar-refractivity contribution in [3.05, 3.63) is 93.6 Å². The largest absolute Gasteiger partial charge is 0.443 e. The number of methoxy groups -OCH3 is 1. The molecule has 2 heterocycles. The van der Waals surface area contributed by atoms with Gasteiger partial charge in [-0.05, 0) is 81.5 Å². The van der Waals surface area contributed by atoms with Crippen molar-refractivity contribution in [2.24, 2.45) is 0 Å². The smallest absolute Gasteiger partial charge is 0.414 e. The van der Waals surface area contributed by atoms with Crippen LogP contribution in [0.4, 0.5) is 10.5 Å². The number of thiazole rings is 1. The van der Waals surface area contributed by atoms with Gasteiger partial charge in [-0.1, -0.05) is 58.5 Å². The van der Waals surface area contributed by atoms with Crippen LogP contribution in [0.3, 0.4) is 0 Å². The van der Waals surface area contributed by atoms with Crippen molar-refractivity contribution in [2.45, 2.75) is 63.5 Å². The summed E-state index contributed by atoms with van der Waals surface area (Å²) in [6, 6.07) is 16.8. The van der Waals surface area contributed by atoms with Crippen LogP contribution in [0, 0.1) is 0 Å². The standard InChI is InChI=1S/C36H43N3O7S3/c1-36(2,3)44-35(40)37(4)34-26(18-20-32-38(22-10-24-42-5)28-12-6-8-14-30(28)47-32)16-17-27(34)19-21-33-39(23-11-25-43-49-46-45-41)29-13-7-9-15-31(29)48-33/h6-9,12-15,18-21H,10-11,16-17,22-25H2,1-5H3/p+1. The summed E-state index contributed by atoms with van der Waals surface area (Å²) in [6.07, 6.45) is 11.5. The second kappa shape index (κ2) is 17.7. The number of fused-ring (bicyclic) bond motifs is 2. The van der Waals surface area contributed by atoms with Crippen LogP contribution >= 0.6 is 35.4 Å². The molecule has 0 spiro atoms. The summed E-state index contributed by atoms with van der Waals surface area (Å²) in [7, 11) is 3.53. The van der Waals surface area contributed by atoms with Gasteiger partial charge in [-0.2, -0.15) is 4.57 Å². The number of allylic oxidation sites excluding steroid dienone is 5. The molecular weight excluding hydrogens is 683 g/mol. The van der Waals surface area contributed by atoms with E-state index < -0.39 is 5.60 Å². The number of hydrogen-bond donors (Lipinski definition) is 1. The highest BCUT2D eigenvalue weighted by Crippen LogP contribution is 2.46. The third-order valence-corrected chi connectivity index (χ3v) is 10.5. The van der Waals surface area contributed by atoms with Crippen molar-refractivity contribution in [1.29, 1.82) is 0 Å². The minimum absolute atomic E-state index is 0.386. The van der Waals surface area contributed by atoms with E-state index in [0.29, 0.717) is 32.1 Å². The summed E-state index contributed by atoms with van der Waals surface area (Å²) in [5.74, 6) is 0. The summed E-state index contributed by atoms with van der Waals surface area (Å²) in [4.78, 5) is 18.7. The molecule has 2 aliphatic rings. The lowest BCUT2D eigenvalue weighted by molar-refractivity contribution is -0.669. The zero-order valence-electron chi connectivity index (χ0n) is 28.5. The number of aromatic nitrogens is 1. The molecule has 0 radical (unpaired) electrons. The monoisotopic (exact) mass is 726 g/mol. The molecule has 1 aromatic heterocycles. The number of rotatable bonds is 15. The molecule has 0 unspecified atom stereocenters. The summed E-state index contributed by atoms with van der Waals surface area (Å²) >= 11 is 4.07. The van der Waals surface area contributed by atoms with Crippen LogP contribution in [0.25, 0.3) is 16.3 Å². The molecule has 1 aliphatic carbocycles. The zero-order chi connectivity index (χ0) is 34.8. The molecule has 0 saturated heterocycles. The Morgan fingerprint density at radius 3 is 2.65 bits per heavy atom. The number of carbonyl (C=O) groups excluding carboxylic acids is 1. The first-order chi connectivity index (χ1) is 23.7. The first-order valence-electron chi connectivity index (χ1n) is 16.2. The maximum absolute atomic E-state index is 13.4. The van der Waals surface area contributed by atoms with Gasteiger partial charge in [0, 0.05) is 50.8 Å². The van der Waals surface area contributed by atoms with Gasteiger partial charge in [-0.15, -0.1) is 4.33 Å². The molecule has 0 fully saturated rings. The van der Waals surface area contributed by atoms with E-state index in [1.165, 1.54) is 15.3 Å². The van der Waals surface area contributed by atoms with Crippen LogP contribution in [0.5, 0.6) is 0 Å². The Kier molecular flexibility index (Phi) is 13.4. The Morgan fingerprint density at radius 2 is 1.86 bits per heavy atom. The molecule has 262 valence electrons.